The van der Waals surface area contributed by atoms with Crippen LogP contribution in [-0.4, -0.2) is 65.2 Å². The Hall–Kier alpha value is -0.850. The van der Waals surface area contributed by atoms with Crippen LogP contribution >= 0.6 is 0 Å². The Morgan fingerprint density at radius 3 is 2.67 bits per heavy atom. The van der Waals surface area contributed by atoms with Gasteiger partial charge in [0.2, 0.25) is 0 Å². The lowest BCUT2D eigenvalue weighted by atomic mass is 10.2. The van der Waals surface area contributed by atoms with Gasteiger partial charge in [0, 0.05) is 33.4 Å². The molecule has 0 amide bonds. The van der Waals surface area contributed by atoms with E-state index in [1.165, 1.54) is 6.42 Å². The first-order chi connectivity index (χ1) is 10.4. The molecule has 0 aromatic carbocycles. The molecule has 0 aliphatic carbocycles. The molecule has 1 aliphatic rings. The third kappa shape index (κ3) is 9.66. The van der Waals surface area contributed by atoms with Crippen molar-refractivity contribution in [1.82, 2.24) is 10.6 Å². The van der Waals surface area contributed by atoms with Crippen molar-refractivity contribution < 1.29 is 14.2 Å². The van der Waals surface area contributed by atoms with Crippen molar-refractivity contribution >= 4 is 5.96 Å². The van der Waals surface area contributed by atoms with E-state index in [0.717, 1.165) is 51.5 Å². The number of hydrogen-bond acceptors (Lipinski definition) is 4. The number of hydrogen-bond donors (Lipinski definition) is 2. The molecule has 21 heavy (non-hydrogen) atoms. The number of rotatable bonds is 11. The number of ether oxygens (including phenoxy) is 3. The summed E-state index contributed by atoms with van der Waals surface area (Å²) in [5.41, 5.74) is 0. The van der Waals surface area contributed by atoms with Crippen LogP contribution in [0.25, 0.3) is 0 Å². The molecule has 1 unspecified atom stereocenters. The molecule has 2 N–H and O–H groups in total. The Morgan fingerprint density at radius 1 is 1.19 bits per heavy atom. The van der Waals surface area contributed by atoms with Crippen LogP contribution in [0.4, 0.5) is 0 Å². The molecular weight excluding hydrogens is 270 g/mol. The highest BCUT2D eigenvalue weighted by Gasteiger charge is 2.15. The summed E-state index contributed by atoms with van der Waals surface area (Å²) in [6, 6.07) is 0. The van der Waals surface area contributed by atoms with Gasteiger partial charge in [0.05, 0.1) is 25.9 Å². The van der Waals surface area contributed by atoms with Crippen LogP contribution in [0, 0.1) is 0 Å². The molecule has 0 radical (unpaired) electrons. The predicted molar refractivity (Wildman–Crippen MR) is 84.9 cm³/mol. The number of nitrogens with zero attached hydrogens (tertiary/aromatic N) is 1. The van der Waals surface area contributed by atoms with Gasteiger partial charge in [0.15, 0.2) is 5.96 Å². The number of guanidine groups is 1. The highest BCUT2D eigenvalue weighted by atomic mass is 16.5. The maximum atomic E-state index is 5.56. The first-order valence-corrected chi connectivity index (χ1v) is 8.08. The van der Waals surface area contributed by atoms with E-state index in [9.17, 15) is 0 Å². The molecule has 0 spiro atoms. The molecule has 1 rings (SSSR count). The van der Waals surface area contributed by atoms with E-state index in [0.29, 0.717) is 25.9 Å². The molecule has 0 aromatic heterocycles. The Kier molecular flexibility index (Phi) is 11.1. The van der Waals surface area contributed by atoms with Gasteiger partial charge in [0.25, 0.3) is 0 Å². The lowest BCUT2D eigenvalue weighted by molar-refractivity contribution is 0.0487. The van der Waals surface area contributed by atoms with Crippen LogP contribution in [0.5, 0.6) is 0 Å². The molecule has 6 nitrogen and oxygen atoms in total. The Morgan fingerprint density at radius 2 is 2.00 bits per heavy atom. The SMILES string of the molecule is CCCCOCCOCCNC(=NC)NCC1CCCO1. The second-order valence-electron chi connectivity index (χ2n) is 5.09. The topological polar surface area (TPSA) is 64.1 Å². The summed E-state index contributed by atoms with van der Waals surface area (Å²) >= 11 is 0. The van der Waals surface area contributed by atoms with Gasteiger partial charge < -0.3 is 24.8 Å². The van der Waals surface area contributed by atoms with Crippen LogP contribution in [0.1, 0.15) is 32.6 Å². The minimum atomic E-state index is 0.320. The fourth-order valence-electron chi connectivity index (χ4n) is 2.05. The third-order valence-electron chi connectivity index (χ3n) is 3.30. The average Bonchev–Trinajstić information content (AvgIpc) is 3.02. The van der Waals surface area contributed by atoms with E-state index in [4.69, 9.17) is 14.2 Å². The first kappa shape index (κ1) is 18.2. The zero-order valence-electron chi connectivity index (χ0n) is 13.5. The van der Waals surface area contributed by atoms with E-state index in [1.54, 1.807) is 7.05 Å². The number of nitrogens with one attached hydrogen (secondary N) is 2. The van der Waals surface area contributed by atoms with Crippen molar-refractivity contribution in [2.45, 2.75) is 38.7 Å². The number of aliphatic imine (C=N–C) groups is 1. The molecule has 6 heteroatoms. The van der Waals surface area contributed by atoms with E-state index >= 15 is 0 Å². The van der Waals surface area contributed by atoms with Gasteiger partial charge in [-0.05, 0) is 19.3 Å². The van der Waals surface area contributed by atoms with E-state index in [2.05, 4.69) is 22.5 Å². The first-order valence-electron chi connectivity index (χ1n) is 8.08. The summed E-state index contributed by atoms with van der Waals surface area (Å²) in [5.74, 6) is 0.799. The average molecular weight is 301 g/mol. The van der Waals surface area contributed by atoms with Gasteiger partial charge in [-0.1, -0.05) is 13.3 Å². The molecule has 124 valence electrons. The monoisotopic (exact) mass is 301 g/mol. The lowest BCUT2D eigenvalue weighted by Gasteiger charge is -2.15. The van der Waals surface area contributed by atoms with Crippen LogP contribution in [0.15, 0.2) is 4.99 Å². The van der Waals surface area contributed by atoms with Crippen LogP contribution in [0.2, 0.25) is 0 Å². The molecule has 1 aliphatic heterocycles. The minimum absolute atomic E-state index is 0.320. The van der Waals surface area contributed by atoms with Crippen molar-refractivity contribution in [2.24, 2.45) is 4.99 Å². The van der Waals surface area contributed by atoms with E-state index in [-0.39, 0.29) is 0 Å². The summed E-state index contributed by atoms with van der Waals surface area (Å²) in [5, 5.41) is 6.49. The Balaban J connectivity index is 1.90. The highest BCUT2D eigenvalue weighted by Crippen LogP contribution is 2.10. The quantitative estimate of drug-likeness (QED) is 0.341. The summed E-state index contributed by atoms with van der Waals surface area (Å²) in [4.78, 5) is 4.18. The van der Waals surface area contributed by atoms with Crippen molar-refractivity contribution in [2.75, 3.05) is 53.2 Å². The van der Waals surface area contributed by atoms with Gasteiger partial charge in [-0.2, -0.15) is 0 Å². The smallest absolute Gasteiger partial charge is 0.191 e. The van der Waals surface area contributed by atoms with Crippen LogP contribution in [-0.2, 0) is 14.2 Å². The summed E-state index contributed by atoms with van der Waals surface area (Å²) < 4.78 is 16.5. The summed E-state index contributed by atoms with van der Waals surface area (Å²) in [6.07, 6.45) is 4.90. The second kappa shape index (κ2) is 12.9. The minimum Gasteiger partial charge on any atom is -0.379 e. The van der Waals surface area contributed by atoms with Crippen LogP contribution < -0.4 is 10.6 Å². The van der Waals surface area contributed by atoms with Gasteiger partial charge in [-0.25, -0.2) is 0 Å². The maximum Gasteiger partial charge on any atom is 0.191 e. The molecule has 1 heterocycles. The second-order valence-corrected chi connectivity index (χ2v) is 5.09. The Bertz CT molecular complexity index is 269. The zero-order valence-corrected chi connectivity index (χ0v) is 13.5. The van der Waals surface area contributed by atoms with Crippen LogP contribution in [0.3, 0.4) is 0 Å². The molecule has 1 fully saturated rings. The molecular formula is C15H31N3O3. The van der Waals surface area contributed by atoms with Gasteiger partial charge >= 0.3 is 0 Å². The fraction of sp³-hybridized carbons (Fsp3) is 0.933. The van der Waals surface area contributed by atoms with Gasteiger partial charge in [-0.3, -0.25) is 4.99 Å². The fourth-order valence-corrected chi connectivity index (χ4v) is 2.05. The Labute approximate surface area is 128 Å². The predicted octanol–water partition coefficient (Wildman–Crippen LogP) is 1.16. The largest absolute Gasteiger partial charge is 0.379 e. The molecule has 1 atom stereocenters. The van der Waals surface area contributed by atoms with E-state index < -0.39 is 0 Å². The summed E-state index contributed by atoms with van der Waals surface area (Å²) in [6.45, 7) is 7.39. The standard InChI is InChI=1S/C15H31N3O3/c1-3-4-8-19-11-12-20-10-7-17-15(16-2)18-13-14-6-5-9-21-14/h14H,3-13H2,1-2H3,(H2,16,17,18). The van der Waals surface area contributed by atoms with Gasteiger partial charge in [-0.15, -0.1) is 0 Å². The van der Waals surface area contributed by atoms with Crippen molar-refractivity contribution in [3.8, 4) is 0 Å². The molecule has 0 bridgehead atoms. The van der Waals surface area contributed by atoms with Crippen molar-refractivity contribution in [1.29, 1.82) is 0 Å². The number of unbranched alkanes of at least 4 members (excludes halogenated alkanes) is 1. The van der Waals surface area contributed by atoms with Crippen molar-refractivity contribution in [3.63, 3.8) is 0 Å². The summed E-state index contributed by atoms with van der Waals surface area (Å²) in [7, 11) is 1.77. The van der Waals surface area contributed by atoms with Gasteiger partial charge in [0.1, 0.15) is 0 Å². The van der Waals surface area contributed by atoms with Crippen molar-refractivity contribution in [3.05, 3.63) is 0 Å². The normalized spacial score (nSPS) is 19.0. The molecule has 1 saturated heterocycles. The van der Waals surface area contributed by atoms with E-state index in [1.807, 2.05) is 0 Å². The third-order valence-corrected chi connectivity index (χ3v) is 3.30. The maximum absolute atomic E-state index is 5.56. The zero-order chi connectivity index (χ0) is 15.2. The highest BCUT2D eigenvalue weighted by molar-refractivity contribution is 5.79. The molecule has 0 aromatic rings. The lowest BCUT2D eigenvalue weighted by Crippen LogP contribution is -2.42. The molecule has 0 saturated carbocycles.